The summed E-state index contributed by atoms with van der Waals surface area (Å²) in [6, 6.07) is 13.2. The minimum atomic E-state index is -0.0148. The maximum absolute atomic E-state index is 12.1. The Hall–Kier alpha value is -0.960. The molecular formula is C15H12Cl2OS. The molecule has 1 nitrogen and oxygen atoms in total. The Bertz CT molecular complexity index is 611. The monoisotopic (exact) mass is 310 g/mol. The van der Waals surface area contributed by atoms with Crippen molar-refractivity contribution in [1.29, 1.82) is 0 Å². The molecule has 0 atom stereocenters. The van der Waals surface area contributed by atoms with Gasteiger partial charge in [-0.25, -0.2) is 0 Å². The van der Waals surface area contributed by atoms with Gasteiger partial charge < -0.3 is 0 Å². The molecule has 0 N–H and O–H groups in total. The van der Waals surface area contributed by atoms with E-state index in [0.717, 1.165) is 4.90 Å². The van der Waals surface area contributed by atoms with Crippen LogP contribution in [0.2, 0.25) is 10.0 Å². The predicted molar refractivity (Wildman–Crippen MR) is 82.7 cm³/mol. The zero-order chi connectivity index (χ0) is 13.8. The van der Waals surface area contributed by atoms with Crippen molar-refractivity contribution in [3.8, 4) is 0 Å². The summed E-state index contributed by atoms with van der Waals surface area (Å²) >= 11 is 13.4. The average molecular weight is 311 g/mol. The van der Waals surface area contributed by atoms with Gasteiger partial charge >= 0.3 is 0 Å². The van der Waals surface area contributed by atoms with Crippen molar-refractivity contribution in [2.24, 2.45) is 0 Å². The molecule has 98 valence electrons. The summed E-state index contributed by atoms with van der Waals surface area (Å²) in [5.41, 5.74) is 1.66. The maximum Gasteiger partial charge on any atom is 0.174 e. The second-order valence-electron chi connectivity index (χ2n) is 4.13. The lowest BCUT2D eigenvalue weighted by Crippen LogP contribution is -2.03. The molecule has 0 spiro atoms. The fourth-order valence-corrected chi connectivity index (χ4v) is 2.95. The number of hydrogen-bond acceptors (Lipinski definition) is 2. The minimum absolute atomic E-state index is 0.0148. The molecule has 0 aliphatic rings. The first-order valence-electron chi connectivity index (χ1n) is 5.74. The highest BCUT2D eigenvalue weighted by atomic mass is 35.5. The van der Waals surface area contributed by atoms with Crippen molar-refractivity contribution in [2.75, 3.05) is 5.75 Å². The van der Waals surface area contributed by atoms with Gasteiger partial charge in [0, 0.05) is 10.5 Å². The third kappa shape index (κ3) is 3.75. The molecule has 0 saturated heterocycles. The summed E-state index contributed by atoms with van der Waals surface area (Å²) in [5.74, 6) is 0.336. The SMILES string of the molecule is Cc1cccc(SCC(=O)c2cccc(Cl)c2Cl)c1. The standard InChI is InChI=1S/C15H12Cl2OS/c1-10-4-2-5-11(8-10)19-9-14(18)12-6-3-7-13(16)15(12)17/h2-8H,9H2,1H3. The van der Waals surface area contributed by atoms with Crippen molar-refractivity contribution < 1.29 is 4.79 Å². The lowest BCUT2D eigenvalue weighted by Gasteiger charge is -2.05. The fourth-order valence-electron chi connectivity index (χ4n) is 1.65. The van der Waals surface area contributed by atoms with E-state index in [0.29, 0.717) is 21.4 Å². The second kappa shape index (κ2) is 6.47. The van der Waals surface area contributed by atoms with Crippen molar-refractivity contribution in [1.82, 2.24) is 0 Å². The van der Waals surface area contributed by atoms with Crippen molar-refractivity contribution in [2.45, 2.75) is 11.8 Å². The number of ketones is 1. The normalized spacial score (nSPS) is 10.5. The molecule has 0 unspecified atom stereocenters. The van der Waals surface area contributed by atoms with Crippen LogP contribution >= 0.6 is 35.0 Å². The Labute approximate surface area is 126 Å². The Morgan fingerprint density at radius 3 is 2.63 bits per heavy atom. The largest absolute Gasteiger partial charge is 0.293 e. The average Bonchev–Trinajstić information content (AvgIpc) is 2.39. The van der Waals surface area contributed by atoms with Gasteiger partial charge in [0.2, 0.25) is 0 Å². The Morgan fingerprint density at radius 2 is 1.89 bits per heavy atom. The van der Waals surface area contributed by atoms with Gasteiger partial charge in [0.1, 0.15) is 0 Å². The molecule has 2 aromatic carbocycles. The third-order valence-corrected chi connectivity index (χ3v) is 4.42. The molecule has 0 radical (unpaired) electrons. The second-order valence-corrected chi connectivity index (χ2v) is 5.96. The van der Waals surface area contributed by atoms with Crippen molar-refractivity contribution in [3.05, 3.63) is 63.6 Å². The molecule has 0 aliphatic heterocycles. The van der Waals surface area contributed by atoms with Gasteiger partial charge in [0.15, 0.2) is 5.78 Å². The number of halogens is 2. The van der Waals surface area contributed by atoms with E-state index < -0.39 is 0 Å². The quantitative estimate of drug-likeness (QED) is 0.564. The molecule has 0 aliphatic carbocycles. The van der Waals surface area contributed by atoms with E-state index in [9.17, 15) is 4.79 Å². The molecular weight excluding hydrogens is 299 g/mol. The number of hydrogen-bond donors (Lipinski definition) is 0. The van der Waals surface area contributed by atoms with Gasteiger partial charge in [-0.1, -0.05) is 47.0 Å². The summed E-state index contributed by atoms with van der Waals surface area (Å²) in [4.78, 5) is 13.2. The molecule has 0 fully saturated rings. The van der Waals surface area contributed by atoms with Crippen LogP contribution in [-0.4, -0.2) is 11.5 Å². The number of benzene rings is 2. The first kappa shape index (κ1) is 14.4. The molecule has 19 heavy (non-hydrogen) atoms. The summed E-state index contributed by atoms with van der Waals surface area (Å²) < 4.78 is 0. The maximum atomic E-state index is 12.1. The van der Waals surface area contributed by atoms with Gasteiger partial charge in [-0.15, -0.1) is 11.8 Å². The lowest BCUT2D eigenvalue weighted by molar-refractivity contribution is 0.102. The van der Waals surface area contributed by atoms with Gasteiger partial charge in [0.05, 0.1) is 15.8 Å². The van der Waals surface area contributed by atoms with Crippen LogP contribution in [0, 0.1) is 6.92 Å². The highest BCUT2D eigenvalue weighted by Crippen LogP contribution is 2.27. The predicted octanol–water partition coefficient (Wildman–Crippen LogP) is 5.28. The Morgan fingerprint density at radius 1 is 1.16 bits per heavy atom. The summed E-state index contributed by atoms with van der Waals surface area (Å²) in [6.07, 6.45) is 0. The van der Waals surface area contributed by atoms with E-state index in [4.69, 9.17) is 23.2 Å². The van der Waals surface area contributed by atoms with Gasteiger partial charge in [-0.3, -0.25) is 4.79 Å². The minimum Gasteiger partial charge on any atom is -0.293 e. The van der Waals surface area contributed by atoms with E-state index in [-0.39, 0.29) is 5.78 Å². The number of carbonyl (C=O) groups is 1. The third-order valence-electron chi connectivity index (χ3n) is 2.61. The fraction of sp³-hybridized carbons (Fsp3) is 0.133. The van der Waals surface area contributed by atoms with Crippen LogP contribution in [0.4, 0.5) is 0 Å². The van der Waals surface area contributed by atoms with Gasteiger partial charge in [0.25, 0.3) is 0 Å². The Kier molecular flexibility index (Phi) is 4.92. The van der Waals surface area contributed by atoms with Crippen LogP contribution in [0.3, 0.4) is 0 Å². The first-order chi connectivity index (χ1) is 9.08. The first-order valence-corrected chi connectivity index (χ1v) is 7.49. The van der Waals surface area contributed by atoms with Crippen LogP contribution in [-0.2, 0) is 0 Å². The summed E-state index contributed by atoms with van der Waals surface area (Å²) in [6.45, 7) is 2.03. The van der Waals surface area contributed by atoms with Crippen LogP contribution in [0.15, 0.2) is 47.4 Å². The molecule has 2 rings (SSSR count). The van der Waals surface area contributed by atoms with Crippen LogP contribution < -0.4 is 0 Å². The van der Waals surface area contributed by atoms with E-state index in [1.54, 1.807) is 18.2 Å². The van der Waals surface area contributed by atoms with E-state index in [1.807, 2.05) is 25.1 Å². The zero-order valence-corrected chi connectivity index (χ0v) is 12.6. The van der Waals surface area contributed by atoms with Crippen LogP contribution in [0.25, 0.3) is 0 Å². The topological polar surface area (TPSA) is 17.1 Å². The van der Waals surface area contributed by atoms with E-state index in [1.165, 1.54) is 17.3 Å². The highest BCUT2D eigenvalue weighted by Gasteiger charge is 2.12. The van der Waals surface area contributed by atoms with Crippen molar-refractivity contribution in [3.63, 3.8) is 0 Å². The number of aryl methyl sites for hydroxylation is 1. The molecule has 0 heterocycles. The zero-order valence-electron chi connectivity index (χ0n) is 10.3. The van der Waals surface area contributed by atoms with E-state index in [2.05, 4.69) is 6.07 Å². The van der Waals surface area contributed by atoms with Gasteiger partial charge in [-0.2, -0.15) is 0 Å². The van der Waals surface area contributed by atoms with E-state index >= 15 is 0 Å². The molecule has 0 saturated carbocycles. The van der Waals surface area contributed by atoms with Gasteiger partial charge in [-0.05, 0) is 31.2 Å². The van der Waals surface area contributed by atoms with Crippen LogP contribution in [0.5, 0.6) is 0 Å². The smallest absolute Gasteiger partial charge is 0.174 e. The van der Waals surface area contributed by atoms with Crippen molar-refractivity contribution >= 4 is 40.7 Å². The molecule has 0 amide bonds. The lowest BCUT2D eigenvalue weighted by atomic mass is 10.1. The van der Waals surface area contributed by atoms with Crippen LogP contribution in [0.1, 0.15) is 15.9 Å². The summed E-state index contributed by atoms with van der Waals surface area (Å²) in [7, 11) is 0. The molecule has 0 aromatic heterocycles. The molecule has 4 heteroatoms. The summed E-state index contributed by atoms with van der Waals surface area (Å²) in [5, 5.41) is 0.743. The number of thioether (sulfide) groups is 1. The Balaban J connectivity index is 2.08. The molecule has 0 bridgehead atoms. The molecule has 2 aromatic rings. The highest BCUT2D eigenvalue weighted by molar-refractivity contribution is 8.00. The number of carbonyl (C=O) groups excluding carboxylic acids is 1. The number of Topliss-reactive ketones (excluding diaryl/α,β-unsaturated/α-hetero) is 1. The number of rotatable bonds is 4.